The van der Waals surface area contributed by atoms with Gasteiger partial charge in [-0.05, 0) is 43.7 Å². The quantitative estimate of drug-likeness (QED) is 0.799. The summed E-state index contributed by atoms with van der Waals surface area (Å²) in [5, 5.41) is 3.12. The molecule has 0 spiro atoms. The van der Waals surface area contributed by atoms with Crippen molar-refractivity contribution in [1.82, 2.24) is 5.32 Å². The average Bonchev–Trinajstić information content (AvgIpc) is 2.23. The third-order valence-corrected chi connectivity index (χ3v) is 2.41. The maximum absolute atomic E-state index is 13.0. The second kappa shape index (κ2) is 5.66. The third kappa shape index (κ3) is 3.48. The van der Waals surface area contributed by atoms with Crippen LogP contribution in [0.5, 0.6) is 0 Å². The van der Waals surface area contributed by atoms with Gasteiger partial charge in [0.05, 0.1) is 0 Å². The molecule has 0 heterocycles. The Balaban J connectivity index is 2.91. The zero-order valence-electron chi connectivity index (χ0n) is 9.60. The molecule has 1 rings (SSSR count). The number of hydrogen-bond donors (Lipinski definition) is 1. The van der Waals surface area contributed by atoms with E-state index in [4.69, 9.17) is 0 Å². The highest BCUT2D eigenvalue weighted by molar-refractivity contribution is 5.54. The lowest BCUT2D eigenvalue weighted by Gasteiger charge is -2.04. The molecule has 82 valence electrons. The van der Waals surface area contributed by atoms with Crippen LogP contribution in [0.1, 0.15) is 24.5 Å². The second-order valence-corrected chi connectivity index (χ2v) is 3.70. The fourth-order valence-electron chi connectivity index (χ4n) is 1.50. The highest BCUT2D eigenvalue weighted by Gasteiger charge is 1.98. The highest BCUT2D eigenvalue weighted by Crippen LogP contribution is 2.13. The minimum absolute atomic E-state index is 0.140. The Morgan fingerprint density at radius 3 is 2.73 bits per heavy atom. The summed E-state index contributed by atoms with van der Waals surface area (Å²) >= 11 is 0. The number of nitrogens with one attached hydrogen (secondary N) is 1. The highest BCUT2D eigenvalue weighted by atomic mass is 19.1. The summed E-state index contributed by atoms with van der Waals surface area (Å²) in [7, 11) is 1.93. The van der Waals surface area contributed by atoms with E-state index in [0.29, 0.717) is 5.56 Å². The first-order valence-corrected chi connectivity index (χ1v) is 5.27. The van der Waals surface area contributed by atoms with Crippen molar-refractivity contribution in [3.05, 3.63) is 40.7 Å². The van der Waals surface area contributed by atoms with E-state index in [1.54, 1.807) is 6.92 Å². The van der Waals surface area contributed by atoms with Crippen molar-refractivity contribution in [3.63, 3.8) is 0 Å². The smallest absolute Gasteiger partial charge is 0.126 e. The van der Waals surface area contributed by atoms with Gasteiger partial charge in [0.15, 0.2) is 0 Å². The standard InChI is InChI=1S/C13H18FN/c1-4-11(9-15-3)8-12-5-6-13(14)10(2)7-12/h5-8,15H,4,9H2,1-3H3. The normalized spacial score (nSPS) is 11.9. The van der Waals surface area contributed by atoms with Crippen molar-refractivity contribution in [2.24, 2.45) is 0 Å². The minimum Gasteiger partial charge on any atom is -0.316 e. The first kappa shape index (κ1) is 11.9. The van der Waals surface area contributed by atoms with Crippen LogP contribution in [0, 0.1) is 12.7 Å². The van der Waals surface area contributed by atoms with Crippen molar-refractivity contribution in [3.8, 4) is 0 Å². The SMILES string of the molecule is CCC(=Cc1ccc(F)c(C)c1)CNC. The number of aryl methyl sites for hydroxylation is 1. The minimum atomic E-state index is -0.140. The van der Waals surface area contributed by atoms with Crippen molar-refractivity contribution >= 4 is 6.08 Å². The van der Waals surface area contributed by atoms with Crippen molar-refractivity contribution < 1.29 is 4.39 Å². The monoisotopic (exact) mass is 207 g/mol. The molecule has 0 unspecified atom stereocenters. The number of hydrogen-bond acceptors (Lipinski definition) is 1. The number of halogens is 1. The molecule has 0 aromatic heterocycles. The van der Waals surface area contributed by atoms with E-state index in [-0.39, 0.29) is 5.82 Å². The molecule has 1 nitrogen and oxygen atoms in total. The van der Waals surface area contributed by atoms with E-state index < -0.39 is 0 Å². The molecule has 2 heteroatoms. The van der Waals surface area contributed by atoms with Crippen LogP contribution >= 0.6 is 0 Å². The van der Waals surface area contributed by atoms with E-state index in [0.717, 1.165) is 18.5 Å². The first-order chi connectivity index (χ1) is 7.17. The molecule has 0 aliphatic carbocycles. The molecule has 15 heavy (non-hydrogen) atoms. The number of likely N-dealkylation sites (N-methyl/N-ethyl adjacent to an activating group) is 1. The van der Waals surface area contributed by atoms with Gasteiger partial charge in [-0.2, -0.15) is 0 Å². The summed E-state index contributed by atoms with van der Waals surface area (Å²) in [5.74, 6) is -0.140. The van der Waals surface area contributed by atoms with Gasteiger partial charge in [-0.15, -0.1) is 0 Å². The van der Waals surface area contributed by atoms with Gasteiger partial charge in [0.25, 0.3) is 0 Å². The van der Waals surface area contributed by atoms with Gasteiger partial charge in [-0.3, -0.25) is 0 Å². The lowest BCUT2D eigenvalue weighted by molar-refractivity contribution is 0.618. The zero-order valence-corrected chi connectivity index (χ0v) is 9.60. The zero-order chi connectivity index (χ0) is 11.3. The molecular weight excluding hydrogens is 189 g/mol. The van der Waals surface area contributed by atoms with Crippen LogP contribution in [0.2, 0.25) is 0 Å². The molecule has 0 saturated carbocycles. The van der Waals surface area contributed by atoms with Crippen molar-refractivity contribution in [2.45, 2.75) is 20.3 Å². The van der Waals surface area contributed by atoms with Crippen LogP contribution in [0.4, 0.5) is 4.39 Å². The molecular formula is C13H18FN. The van der Waals surface area contributed by atoms with E-state index in [2.05, 4.69) is 18.3 Å². The van der Waals surface area contributed by atoms with Crippen LogP contribution in [0.15, 0.2) is 23.8 Å². The maximum Gasteiger partial charge on any atom is 0.126 e. The van der Waals surface area contributed by atoms with E-state index in [1.807, 2.05) is 19.2 Å². The summed E-state index contributed by atoms with van der Waals surface area (Å²) in [6, 6.07) is 5.21. The second-order valence-electron chi connectivity index (χ2n) is 3.70. The molecule has 1 aromatic rings. The average molecular weight is 207 g/mol. The molecule has 0 bridgehead atoms. The summed E-state index contributed by atoms with van der Waals surface area (Å²) < 4.78 is 13.0. The Morgan fingerprint density at radius 2 is 2.20 bits per heavy atom. The van der Waals surface area contributed by atoms with Gasteiger partial charge < -0.3 is 5.32 Å². The molecule has 1 N–H and O–H groups in total. The topological polar surface area (TPSA) is 12.0 Å². The van der Waals surface area contributed by atoms with Crippen molar-refractivity contribution in [2.75, 3.05) is 13.6 Å². The van der Waals surface area contributed by atoms with E-state index >= 15 is 0 Å². The van der Waals surface area contributed by atoms with E-state index in [1.165, 1.54) is 11.6 Å². The molecule has 0 amide bonds. The van der Waals surface area contributed by atoms with Crippen LogP contribution in [0.3, 0.4) is 0 Å². The lowest BCUT2D eigenvalue weighted by atomic mass is 10.1. The van der Waals surface area contributed by atoms with E-state index in [9.17, 15) is 4.39 Å². The third-order valence-electron chi connectivity index (χ3n) is 2.41. The Bertz CT molecular complexity index is 356. The predicted octanol–water partition coefficient (Wildman–Crippen LogP) is 3.15. The summed E-state index contributed by atoms with van der Waals surface area (Å²) in [5.41, 5.74) is 3.09. The summed E-state index contributed by atoms with van der Waals surface area (Å²) in [4.78, 5) is 0. The van der Waals surface area contributed by atoms with Gasteiger partial charge in [0.2, 0.25) is 0 Å². The molecule has 1 aromatic carbocycles. The van der Waals surface area contributed by atoms with Gasteiger partial charge in [0, 0.05) is 6.54 Å². The van der Waals surface area contributed by atoms with Crippen LogP contribution in [-0.4, -0.2) is 13.6 Å². The fraction of sp³-hybridized carbons (Fsp3) is 0.385. The van der Waals surface area contributed by atoms with Crippen LogP contribution < -0.4 is 5.32 Å². The van der Waals surface area contributed by atoms with Gasteiger partial charge in [-0.25, -0.2) is 4.39 Å². The number of rotatable bonds is 4. The summed E-state index contributed by atoms with van der Waals surface area (Å²) in [6.45, 7) is 4.79. The van der Waals surface area contributed by atoms with Gasteiger partial charge in [0.1, 0.15) is 5.82 Å². The number of benzene rings is 1. The fourth-order valence-corrected chi connectivity index (χ4v) is 1.50. The Hall–Kier alpha value is -1.15. The lowest BCUT2D eigenvalue weighted by Crippen LogP contribution is -2.09. The van der Waals surface area contributed by atoms with Gasteiger partial charge in [-0.1, -0.05) is 24.6 Å². The van der Waals surface area contributed by atoms with Crippen molar-refractivity contribution in [1.29, 1.82) is 0 Å². The van der Waals surface area contributed by atoms with Gasteiger partial charge >= 0.3 is 0 Å². The largest absolute Gasteiger partial charge is 0.316 e. The molecule has 0 saturated heterocycles. The molecule has 0 aliphatic rings. The Kier molecular flexibility index (Phi) is 4.50. The maximum atomic E-state index is 13.0. The molecule has 0 radical (unpaired) electrons. The first-order valence-electron chi connectivity index (χ1n) is 5.27. The Labute approximate surface area is 91.0 Å². The molecule has 0 aliphatic heterocycles. The summed E-state index contributed by atoms with van der Waals surface area (Å²) in [6.07, 6.45) is 3.13. The van der Waals surface area contributed by atoms with Crippen LogP contribution in [-0.2, 0) is 0 Å². The molecule has 0 atom stereocenters. The molecule has 0 fully saturated rings. The van der Waals surface area contributed by atoms with Crippen LogP contribution in [0.25, 0.3) is 6.08 Å². The Morgan fingerprint density at radius 1 is 1.47 bits per heavy atom. The predicted molar refractivity (Wildman–Crippen MR) is 63.3 cm³/mol.